The van der Waals surface area contributed by atoms with Crippen molar-refractivity contribution in [3.8, 4) is 17.1 Å². The molecule has 1 atom stereocenters. The van der Waals surface area contributed by atoms with Crippen LogP contribution in [0.25, 0.3) is 17.1 Å². The Morgan fingerprint density at radius 3 is 2.71 bits per heavy atom. The summed E-state index contributed by atoms with van der Waals surface area (Å²) in [4.78, 5) is 15.9. The first-order chi connectivity index (χ1) is 15.3. The summed E-state index contributed by atoms with van der Waals surface area (Å²) in [5.74, 6) is 2.67. The number of nitrogens with one attached hydrogen (secondary N) is 1. The number of ether oxygens (including phenoxy) is 1. The van der Waals surface area contributed by atoms with Crippen LogP contribution in [0.4, 0.5) is 0 Å². The van der Waals surface area contributed by atoms with Crippen LogP contribution in [0.3, 0.4) is 0 Å². The third-order valence-electron chi connectivity index (χ3n) is 6.06. The Morgan fingerprint density at radius 2 is 2.00 bits per heavy atom. The predicted octanol–water partition coefficient (Wildman–Crippen LogP) is 3.07. The molecule has 0 radical (unpaired) electrons. The molecule has 2 aliphatic heterocycles. The van der Waals surface area contributed by atoms with Crippen LogP contribution in [0.1, 0.15) is 16.9 Å². The maximum atomic E-state index is 13.4. The molecule has 162 valence electrons. The molecule has 1 aromatic carbocycles. The van der Waals surface area contributed by atoms with E-state index in [1.54, 1.807) is 17.0 Å². The van der Waals surface area contributed by atoms with Crippen LogP contribution in [0, 0.1) is 0 Å². The van der Waals surface area contributed by atoms with Crippen molar-refractivity contribution in [1.29, 1.82) is 0 Å². The van der Waals surface area contributed by atoms with Crippen LogP contribution in [0.2, 0.25) is 0 Å². The molecule has 4 heterocycles. The van der Waals surface area contributed by atoms with Gasteiger partial charge in [-0.3, -0.25) is 9.69 Å². The lowest BCUT2D eigenvalue weighted by Gasteiger charge is -2.43. The minimum atomic E-state index is -0.126. The fourth-order valence-corrected chi connectivity index (χ4v) is 5.80. The van der Waals surface area contributed by atoms with E-state index >= 15 is 0 Å². The van der Waals surface area contributed by atoms with Gasteiger partial charge in [0, 0.05) is 37.0 Å². The predicted molar refractivity (Wildman–Crippen MR) is 121 cm³/mol. The molecule has 1 amide bonds. The number of hydrogen-bond acceptors (Lipinski definition) is 6. The van der Waals surface area contributed by atoms with Crippen LogP contribution in [-0.4, -0.2) is 70.5 Å². The van der Waals surface area contributed by atoms with Crippen molar-refractivity contribution in [1.82, 2.24) is 20.0 Å². The largest absolute Gasteiger partial charge is 0.463 e. The van der Waals surface area contributed by atoms with Crippen molar-refractivity contribution in [3.05, 3.63) is 60.5 Å². The molecule has 2 saturated heterocycles. The summed E-state index contributed by atoms with van der Waals surface area (Å²) in [6.45, 7) is 3.97. The topological polar surface area (TPSA) is 72.5 Å². The quantitative estimate of drug-likeness (QED) is 0.638. The van der Waals surface area contributed by atoms with E-state index in [0.717, 1.165) is 49.9 Å². The van der Waals surface area contributed by atoms with E-state index in [4.69, 9.17) is 9.15 Å². The Labute approximate surface area is 185 Å². The van der Waals surface area contributed by atoms with Crippen molar-refractivity contribution in [2.24, 2.45) is 0 Å². The van der Waals surface area contributed by atoms with Gasteiger partial charge in [-0.1, -0.05) is 18.2 Å². The highest BCUT2D eigenvalue weighted by molar-refractivity contribution is 7.99. The first kappa shape index (κ1) is 20.4. The molecule has 0 saturated carbocycles. The standard InChI is InChI=1S/C23H26N4O3S/c28-22(24-16-23(8-14-31-17-23)26-9-12-29-13-10-26)20-15-19(21-7-4-11-30-21)25-27(20)18-5-2-1-3-6-18/h1-7,11,15H,8-10,12-14,16-17H2,(H,24,28). The maximum absolute atomic E-state index is 13.4. The lowest BCUT2D eigenvalue weighted by molar-refractivity contribution is -0.0129. The highest BCUT2D eigenvalue weighted by atomic mass is 32.2. The number of morpholine rings is 1. The number of thioether (sulfide) groups is 1. The number of nitrogens with zero attached hydrogens (tertiary/aromatic N) is 3. The first-order valence-corrected chi connectivity index (χ1v) is 11.8. The van der Waals surface area contributed by atoms with Gasteiger partial charge in [0.15, 0.2) is 5.76 Å². The number of amides is 1. The summed E-state index contributed by atoms with van der Waals surface area (Å²) >= 11 is 1.96. The number of aromatic nitrogens is 2. The normalized spacial score (nSPS) is 21.9. The summed E-state index contributed by atoms with van der Waals surface area (Å²) in [6, 6.07) is 15.2. The summed E-state index contributed by atoms with van der Waals surface area (Å²) < 4.78 is 12.7. The molecule has 3 aromatic rings. The fourth-order valence-electron chi connectivity index (χ4n) is 4.32. The number of carbonyl (C=O) groups excluding carboxylic acids is 1. The monoisotopic (exact) mass is 438 g/mol. The molecule has 2 fully saturated rings. The molecule has 31 heavy (non-hydrogen) atoms. The van der Waals surface area contributed by atoms with Gasteiger partial charge in [0.25, 0.3) is 5.91 Å². The minimum Gasteiger partial charge on any atom is -0.463 e. The highest BCUT2D eigenvalue weighted by Crippen LogP contribution is 2.33. The number of rotatable bonds is 6. The van der Waals surface area contributed by atoms with Crippen LogP contribution in [0.15, 0.2) is 59.2 Å². The van der Waals surface area contributed by atoms with Crippen LogP contribution in [-0.2, 0) is 4.74 Å². The number of benzene rings is 1. The van der Waals surface area contributed by atoms with E-state index < -0.39 is 0 Å². The maximum Gasteiger partial charge on any atom is 0.270 e. The summed E-state index contributed by atoms with van der Waals surface area (Å²) in [5.41, 5.74) is 1.97. The Hall–Kier alpha value is -2.55. The van der Waals surface area contributed by atoms with Gasteiger partial charge in [0.2, 0.25) is 0 Å². The third-order valence-corrected chi connectivity index (χ3v) is 7.29. The van der Waals surface area contributed by atoms with Crippen LogP contribution < -0.4 is 5.32 Å². The Kier molecular flexibility index (Phi) is 5.85. The van der Waals surface area contributed by atoms with Gasteiger partial charge in [-0.25, -0.2) is 4.68 Å². The van der Waals surface area contributed by atoms with Crippen molar-refractivity contribution >= 4 is 17.7 Å². The van der Waals surface area contributed by atoms with E-state index in [1.807, 2.05) is 54.2 Å². The molecular formula is C23H26N4O3S. The molecule has 7 nitrogen and oxygen atoms in total. The van der Waals surface area contributed by atoms with Crippen molar-refractivity contribution in [3.63, 3.8) is 0 Å². The molecule has 1 unspecified atom stereocenters. The molecule has 0 aliphatic carbocycles. The smallest absolute Gasteiger partial charge is 0.270 e. The van der Waals surface area contributed by atoms with Gasteiger partial charge in [-0.15, -0.1) is 0 Å². The van der Waals surface area contributed by atoms with Crippen LogP contribution in [0.5, 0.6) is 0 Å². The van der Waals surface area contributed by atoms with Gasteiger partial charge in [0.1, 0.15) is 11.4 Å². The number of furan rings is 1. The molecule has 2 aliphatic rings. The first-order valence-electron chi connectivity index (χ1n) is 10.6. The summed E-state index contributed by atoms with van der Waals surface area (Å²) in [6.07, 6.45) is 2.69. The third kappa shape index (κ3) is 4.15. The number of para-hydroxylation sites is 1. The zero-order valence-electron chi connectivity index (χ0n) is 17.3. The van der Waals surface area contributed by atoms with Gasteiger partial charge in [-0.05, 0) is 36.4 Å². The molecule has 0 bridgehead atoms. The van der Waals surface area contributed by atoms with Gasteiger partial charge < -0.3 is 14.5 Å². The van der Waals surface area contributed by atoms with E-state index in [-0.39, 0.29) is 11.4 Å². The van der Waals surface area contributed by atoms with Gasteiger partial charge >= 0.3 is 0 Å². The SMILES string of the molecule is O=C(NCC1(N2CCOCC2)CCSC1)c1cc(-c2ccco2)nn1-c1ccccc1. The molecule has 0 spiro atoms. The lowest BCUT2D eigenvalue weighted by atomic mass is 9.95. The molecule has 2 aromatic heterocycles. The van der Waals surface area contributed by atoms with E-state index in [1.165, 1.54) is 0 Å². The lowest BCUT2D eigenvalue weighted by Crippen LogP contribution is -2.59. The molecule has 1 N–H and O–H groups in total. The van der Waals surface area contributed by atoms with E-state index in [0.29, 0.717) is 23.7 Å². The second-order valence-electron chi connectivity index (χ2n) is 7.95. The average molecular weight is 439 g/mol. The number of carbonyl (C=O) groups is 1. The van der Waals surface area contributed by atoms with E-state index in [2.05, 4.69) is 15.3 Å². The molecular weight excluding hydrogens is 412 g/mol. The second-order valence-corrected chi connectivity index (χ2v) is 9.05. The zero-order chi connectivity index (χ0) is 21.1. The minimum absolute atomic E-state index is 0.00839. The second kappa shape index (κ2) is 8.90. The Bertz CT molecular complexity index is 1010. The van der Waals surface area contributed by atoms with Crippen molar-refractivity contribution in [2.75, 3.05) is 44.4 Å². The fraction of sp³-hybridized carbons (Fsp3) is 0.391. The molecule has 5 rings (SSSR count). The summed E-state index contributed by atoms with van der Waals surface area (Å²) in [7, 11) is 0. The van der Waals surface area contributed by atoms with Crippen molar-refractivity contribution < 1.29 is 13.9 Å². The highest BCUT2D eigenvalue weighted by Gasteiger charge is 2.41. The van der Waals surface area contributed by atoms with Crippen LogP contribution >= 0.6 is 11.8 Å². The molecule has 8 heteroatoms. The Morgan fingerprint density at radius 1 is 1.16 bits per heavy atom. The Balaban J connectivity index is 1.40. The number of hydrogen-bond donors (Lipinski definition) is 1. The van der Waals surface area contributed by atoms with Gasteiger partial charge in [0.05, 0.1) is 25.2 Å². The van der Waals surface area contributed by atoms with Gasteiger partial charge in [-0.2, -0.15) is 16.9 Å². The van der Waals surface area contributed by atoms with E-state index in [9.17, 15) is 4.79 Å². The summed E-state index contributed by atoms with van der Waals surface area (Å²) in [5, 5.41) is 7.88. The zero-order valence-corrected chi connectivity index (χ0v) is 18.1. The van der Waals surface area contributed by atoms with Crippen molar-refractivity contribution in [2.45, 2.75) is 12.0 Å². The average Bonchev–Trinajstić information content (AvgIpc) is 3.60.